The van der Waals surface area contributed by atoms with Gasteiger partial charge in [-0.3, -0.25) is 9.69 Å². The highest BCUT2D eigenvalue weighted by molar-refractivity contribution is 6.12. The minimum Gasteiger partial charge on any atom is -0.489 e. The van der Waals surface area contributed by atoms with E-state index in [2.05, 4.69) is 0 Å². The summed E-state index contributed by atoms with van der Waals surface area (Å²) in [5.74, 6) is -1.04. The Morgan fingerprint density at radius 1 is 0.944 bits per heavy atom. The Hall–Kier alpha value is -4.45. The van der Waals surface area contributed by atoms with E-state index in [1.807, 2.05) is 48.5 Å². The summed E-state index contributed by atoms with van der Waals surface area (Å²) in [5.41, 5.74) is 4.55. The lowest BCUT2D eigenvalue weighted by atomic mass is 9.91. The van der Waals surface area contributed by atoms with Crippen LogP contribution in [-0.2, 0) is 16.1 Å². The van der Waals surface area contributed by atoms with Crippen LogP contribution in [0.15, 0.2) is 91.0 Å². The van der Waals surface area contributed by atoms with E-state index in [-0.39, 0.29) is 11.7 Å². The van der Waals surface area contributed by atoms with Crippen molar-refractivity contribution in [3.63, 3.8) is 0 Å². The predicted molar refractivity (Wildman–Crippen MR) is 135 cm³/mol. The van der Waals surface area contributed by atoms with Gasteiger partial charge >= 0.3 is 5.97 Å². The first kappa shape index (κ1) is 23.3. The zero-order chi connectivity index (χ0) is 25.2. The van der Waals surface area contributed by atoms with Gasteiger partial charge in [-0.2, -0.15) is 0 Å². The number of carbonyl (C=O) groups excluding carboxylic acids is 2. The van der Waals surface area contributed by atoms with Gasteiger partial charge in [0, 0.05) is 11.3 Å². The van der Waals surface area contributed by atoms with Gasteiger partial charge in [-0.05, 0) is 66.1 Å². The monoisotopic (exact) mass is 481 g/mol. The Balaban J connectivity index is 1.60. The van der Waals surface area contributed by atoms with E-state index in [9.17, 15) is 14.0 Å². The lowest BCUT2D eigenvalue weighted by Crippen LogP contribution is -2.24. The van der Waals surface area contributed by atoms with Crippen LogP contribution in [0.5, 0.6) is 5.75 Å². The Bertz CT molecular complexity index is 1430. The second-order valence-corrected chi connectivity index (χ2v) is 8.62. The summed E-state index contributed by atoms with van der Waals surface area (Å²) in [5, 5.41) is 0. The number of rotatable bonds is 6. The summed E-state index contributed by atoms with van der Waals surface area (Å²) < 4.78 is 25.0. The van der Waals surface area contributed by atoms with Gasteiger partial charge < -0.3 is 9.47 Å². The zero-order valence-electron chi connectivity index (χ0n) is 19.9. The molecule has 5 rings (SSSR count). The molecule has 4 aromatic carbocycles. The number of ether oxygens (including phenoxy) is 2. The van der Waals surface area contributed by atoms with Gasteiger partial charge in [-0.15, -0.1) is 0 Å². The Kier molecular flexibility index (Phi) is 6.25. The van der Waals surface area contributed by atoms with E-state index in [4.69, 9.17) is 9.47 Å². The van der Waals surface area contributed by atoms with Gasteiger partial charge in [-0.1, -0.05) is 48.5 Å². The van der Waals surface area contributed by atoms with Gasteiger partial charge in [0.25, 0.3) is 0 Å². The fourth-order valence-corrected chi connectivity index (χ4v) is 4.52. The van der Waals surface area contributed by atoms with Crippen molar-refractivity contribution < 1.29 is 23.5 Å². The molecule has 0 saturated heterocycles. The van der Waals surface area contributed by atoms with Gasteiger partial charge in [0.2, 0.25) is 5.91 Å². The van der Waals surface area contributed by atoms with E-state index in [0.717, 1.165) is 11.1 Å². The maximum atomic E-state index is 14.0. The third-order valence-corrected chi connectivity index (χ3v) is 6.34. The molecule has 1 aliphatic rings. The fraction of sp³-hybridized carbons (Fsp3) is 0.133. The molecule has 0 aliphatic carbocycles. The van der Waals surface area contributed by atoms with Crippen LogP contribution in [0.4, 0.5) is 15.8 Å². The number of nitrogens with zero attached hydrogens (tertiary/aromatic N) is 1. The molecule has 1 atom stereocenters. The van der Waals surface area contributed by atoms with E-state index in [1.165, 1.54) is 13.2 Å². The highest BCUT2D eigenvalue weighted by Crippen LogP contribution is 2.49. The van der Waals surface area contributed by atoms with E-state index in [1.54, 1.807) is 48.2 Å². The molecule has 1 amide bonds. The molecule has 0 bridgehead atoms. The van der Waals surface area contributed by atoms with Crippen molar-refractivity contribution in [3.8, 4) is 5.75 Å². The van der Waals surface area contributed by atoms with E-state index >= 15 is 0 Å². The van der Waals surface area contributed by atoms with Crippen LogP contribution >= 0.6 is 0 Å². The first-order valence-electron chi connectivity index (χ1n) is 11.6. The summed E-state index contributed by atoms with van der Waals surface area (Å²) in [6, 6.07) is 26.8. The number of methoxy groups -OCH3 is 1. The SMILES string of the molecule is COC(=O)c1ccc(C2C(=O)N(c3ccc(F)c(C)c3)c3cccc(OCc4ccccc4)c32)cc1. The molecule has 0 radical (unpaired) electrons. The van der Waals surface area contributed by atoms with Gasteiger partial charge in [0.05, 0.1) is 24.3 Å². The van der Waals surface area contributed by atoms with Crippen molar-refractivity contribution in [1.29, 1.82) is 0 Å². The molecule has 0 saturated carbocycles. The molecular weight excluding hydrogens is 457 g/mol. The molecule has 180 valence electrons. The molecule has 6 heteroatoms. The van der Waals surface area contributed by atoms with E-state index < -0.39 is 11.9 Å². The summed E-state index contributed by atoms with van der Waals surface area (Å²) in [6.07, 6.45) is 0. The molecule has 0 aromatic heterocycles. The van der Waals surface area contributed by atoms with Gasteiger partial charge in [-0.25, -0.2) is 9.18 Å². The lowest BCUT2D eigenvalue weighted by Gasteiger charge is -2.19. The lowest BCUT2D eigenvalue weighted by molar-refractivity contribution is -0.117. The molecule has 0 N–H and O–H groups in total. The topological polar surface area (TPSA) is 55.8 Å². The Morgan fingerprint density at radius 3 is 2.39 bits per heavy atom. The van der Waals surface area contributed by atoms with E-state index in [0.29, 0.717) is 40.4 Å². The highest BCUT2D eigenvalue weighted by atomic mass is 19.1. The van der Waals surface area contributed by atoms with Crippen molar-refractivity contribution in [2.75, 3.05) is 12.0 Å². The largest absolute Gasteiger partial charge is 0.489 e. The van der Waals surface area contributed by atoms with Crippen LogP contribution in [0, 0.1) is 12.7 Å². The Labute approximate surface area is 208 Å². The molecule has 0 spiro atoms. The Morgan fingerprint density at radius 2 is 1.69 bits per heavy atom. The van der Waals surface area contributed by atoms with Crippen molar-refractivity contribution in [3.05, 3.63) is 125 Å². The maximum absolute atomic E-state index is 14.0. The van der Waals surface area contributed by atoms with Crippen LogP contribution in [0.1, 0.15) is 38.5 Å². The molecule has 4 aromatic rings. The average molecular weight is 482 g/mol. The number of halogens is 1. The minimum atomic E-state index is -0.663. The summed E-state index contributed by atoms with van der Waals surface area (Å²) in [7, 11) is 1.33. The molecule has 0 fully saturated rings. The normalized spacial score (nSPS) is 14.5. The zero-order valence-corrected chi connectivity index (χ0v) is 19.9. The number of benzene rings is 4. The first-order chi connectivity index (χ1) is 17.5. The standard InChI is InChI=1S/C30H24FNO4/c1-19-17-23(15-16-24(19)31)32-25-9-6-10-26(36-18-20-7-4-3-5-8-20)28(25)27(29(32)33)21-11-13-22(14-12-21)30(34)35-2/h3-17,27H,18H2,1-2H3. The quantitative estimate of drug-likeness (QED) is 0.303. The average Bonchev–Trinajstić information content (AvgIpc) is 3.21. The molecule has 1 heterocycles. The molecule has 5 nitrogen and oxygen atoms in total. The summed E-state index contributed by atoms with van der Waals surface area (Å²) in [6.45, 7) is 2.01. The summed E-state index contributed by atoms with van der Waals surface area (Å²) >= 11 is 0. The van der Waals surface area contributed by atoms with Gasteiger partial charge in [0.15, 0.2) is 0 Å². The van der Waals surface area contributed by atoms with Crippen molar-refractivity contribution in [2.24, 2.45) is 0 Å². The number of aryl methyl sites for hydroxylation is 1. The van der Waals surface area contributed by atoms with Crippen LogP contribution in [0.2, 0.25) is 0 Å². The number of carbonyl (C=O) groups is 2. The van der Waals surface area contributed by atoms with Crippen LogP contribution in [0.25, 0.3) is 0 Å². The third-order valence-electron chi connectivity index (χ3n) is 6.34. The fourth-order valence-electron chi connectivity index (χ4n) is 4.52. The number of anilines is 2. The smallest absolute Gasteiger partial charge is 0.337 e. The number of hydrogen-bond acceptors (Lipinski definition) is 4. The molecular formula is C30H24FNO4. The van der Waals surface area contributed by atoms with Gasteiger partial charge in [0.1, 0.15) is 18.2 Å². The number of fused-ring (bicyclic) bond motifs is 1. The second kappa shape index (κ2) is 9.66. The van der Waals surface area contributed by atoms with Crippen LogP contribution < -0.4 is 9.64 Å². The minimum absolute atomic E-state index is 0.183. The number of esters is 1. The van der Waals surface area contributed by atoms with Crippen molar-refractivity contribution in [2.45, 2.75) is 19.4 Å². The molecule has 1 aliphatic heterocycles. The molecule has 1 unspecified atom stereocenters. The predicted octanol–water partition coefficient (Wildman–Crippen LogP) is 6.31. The summed E-state index contributed by atoms with van der Waals surface area (Å²) in [4.78, 5) is 27.5. The third kappa shape index (κ3) is 4.22. The van der Waals surface area contributed by atoms with Crippen molar-refractivity contribution in [1.82, 2.24) is 0 Å². The second-order valence-electron chi connectivity index (χ2n) is 8.62. The van der Waals surface area contributed by atoms with Crippen LogP contribution in [0.3, 0.4) is 0 Å². The molecule has 36 heavy (non-hydrogen) atoms. The number of hydrogen-bond donors (Lipinski definition) is 0. The highest BCUT2D eigenvalue weighted by Gasteiger charge is 2.41. The first-order valence-corrected chi connectivity index (χ1v) is 11.6. The van der Waals surface area contributed by atoms with Crippen LogP contribution in [-0.4, -0.2) is 19.0 Å². The van der Waals surface area contributed by atoms with Crippen molar-refractivity contribution >= 4 is 23.3 Å². The maximum Gasteiger partial charge on any atom is 0.337 e. The number of amides is 1.